The fourth-order valence-electron chi connectivity index (χ4n) is 0.846. The summed E-state index contributed by atoms with van der Waals surface area (Å²) in [7, 11) is 1.52. The average Bonchev–Trinajstić information content (AvgIpc) is 2.18. The van der Waals surface area contributed by atoms with Gasteiger partial charge in [0.25, 0.3) is 0 Å². The third-order valence-electron chi connectivity index (χ3n) is 1.74. The van der Waals surface area contributed by atoms with E-state index in [0.29, 0.717) is 16.2 Å². The molecule has 14 heavy (non-hydrogen) atoms. The summed E-state index contributed by atoms with van der Waals surface area (Å²) in [6.07, 6.45) is 1.58. The molecule has 4 nitrogen and oxygen atoms in total. The zero-order valence-electron chi connectivity index (χ0n) is 8.21. The van der Waals surface area contributed by atoms with Crippen molar-refractivity contribution in [2.75, 3.05) is 7.11 Å². The van der Waals surface area contributed by atoms with Gasteiger partial charge in [0.15, 0.2) is 5.82 Å². The first-order valence-electron chi connectivity index (χ1n) is 3.99. The van der Waals surface area contributed by atoms with Gasteiger partial charge in [-0.05, 0) is 29.8 Å². The SMILES string of the molecule is COc1nc(C(C)(C)C#N)ncc1Br. The van der Waals surface area contributed by atoms with E-state index >= 15 is 0 Å². The van der Waals surface area contributed by atoms with Crippen molar-refractivity contribution in [3.05, 3.63) is 16.5 Å². The van der Waals surface area contributed by atoms with Crippen molar-refractivity contribution in [1.82, 2.24) is 9.97 Å². The Morgan fingerprint density at radius 1 is 1.57 bits per heavy atom. The topological polar surface area (TPSA) is 58.8 Å². The fourth-order valence-corrected chi connectivity index (χ4v) is 1.20. The second-order valence-corrected chi connectivity index (χ2v) is 4.14. The molecule has 0 aliphatic carbocycles. The Labute approximate surface area is 91.1 Å². The number of methoxy groups -OCH3 is 1. The second-order valence-electron chi connectivity index (χ2n) is 3.29. The van der Waals surface area contributed by atoms with Crippen molar-refractivity contribution < 1.29 is 4.74 Å². The number of aromatic nitrogens is 2. The van der Waals surface area contributed by atoms with Crippen LogP contribution in [0, 0.1) is 11.3 Å². The van der Waals surface area contributed by atoms with Crippen LogP contribution < -0.4 is 4.74 Å². The van der Waals surface area contributed by atoms with Gasteiger partial charge >= 0.3 is 0 Å². The monoisotopic (exact) mass is 255 g/mol. The third kappa shape index (κ3) is 2.02. The first-order chi connectivity index (χ1) is 6.51. The Morgan fingerprint density at radius 2 is 2.21 bits per heavy atom. The van der Waals surface area contributed by atoms with Crippen LogP contribution in [0.15, 0.2) is 10.7 Å². The predicted octanol–water partition coefficient (Wildman–Crippen LogP) is 2.05. The van der Waals surface area contributed by atoms with Crippen molar-refractivity contribution >= 4 is 15.9 Å². The summed E-state index contributed by atoms with van der Waals surface area (Å²) >= 11 is 3.25. The number of hydrogen-bond donors (Lipinski definition) is 0. The molecule has 0 spiro atoms. The quantitative estimate of drug-likeness (QED) is 0.812. The smallest absolute Gasteiger partial charge is 0.231 e. The van der Waals surface area contributed by atoms with Crippen LogP contribution in [0.2, 0.25) is 0 Å². The van der Waals surface area contributed by atoms with Gasteiger partial charge in [0.1, 0.15) is 5.41 Å². The minimum Gasteiger partial charge on any atom is -0.480 e. The first kappa shape index (κ1) is 10.9. The van der Waals surface area contributed by atoms with Crippen LogP contribution in [0.5, 0.6) is 5.88 Å². The fraction of sp³-hybridized carbons (Fsp3) is 0.444. The van der Waals surface area contributed by atoms with Gasteiger partial charge in [0.05, 0.1) is 17.7 Å². The van der Waals surface area contributed by atoms with Crippen molar-refractivity contribution in [3.63, 3.8) is 0 Å². The van der Waals surface area contributed by atoms with Crippen LogP contribution in [0.1, 0.15) is 19.7 Å². The second kappa shape index (κ2) is 3.93. The van der Waals surface area contributed by atoms with Gasteiger partial charge < -0.3 is 4.74 Å². The summed E-state index contributed by atoms with van der Waals surface area (Å²) in [6, 6.07) is 2.13. The molecule has 0 amide bonds. The van der Waals surface area contributed by atoms with E-state index < -0.39 is 5.41 Å². The number of ether oxygens (including phenoxy) is 1. The van der Waals surface area contributed by atoms with E-state index in [2.05, 4.69) is 32.0 Å². The molecule has 1 aromatic rings. The Bertz CT molecular complexity index is 384. The molecule has 0 aromatic carbocycles. The van der Waals surface area contributed by atoms with E-state index in [1.54, 1.807) is 20.0 Å². The van der Waals surface area contributed by atoms with Gasteiger partial charge in [-0.2, -0.15) is 10.2 Å². The minimum absolute atomic E-state index is 0.443. The van der Waals surface area contributed by atoms with Crippen molar-refractivity contribution in [1.29, 1.82) is 5.26 Å². The number of nitrogens with zero attached hydrogens (tertiary/aromatic N) is 3. The van der Waals surface area contributed by atoms with E-state index in [1.807, 2.05) is 0 Å². The van der Waals surface area contributed by atoms with Gasteiger partial charge in [0.2, 0.25) is 5.88 Å². The van der Waals surface area contributed by atoms with E-state index in [1.165, 1.54) is 7.11 Å². The highest BCUT2D eigenvalue weighted by Gasteiger charge is 2.24. The maximum atomic E-state index is 8.90. The van der Waals surface area contributed by atoms with Gasteiger partial charge in [-0.25, -0.2) is 4.98 Å². The molecule has 74 valence electrons. The normalized spacial score (nSPS) is 10.8. The molecule has 0 unspecified atom stereocenters. The Kier molecular flexibility index (Phi) is 3.06. The number of nitriles is 1. The largest absolute Gasteiger partial charge is 0.480 e. The lowest BCUT2D eigenvalue weighted by atomic mass is 9.95. The molecule has 5 heteroatoms. The summed E-state index contributed by atoms with van der Waals surface area (Å²) in [5.74, 6) is 0.901. The number of rotatable bonds is 2. The van der Waals surface area contributed by atoms with Crippen LogP contribution >= 0.6 is 15.9 Å². The van der Waals surface area contributed by atoms with Gasteiger partial charge in [-0.1, -0.05) is 0 Å². The highest BCUT2D eigenvalue weighted by Crippen LogP contribution is 2.25. The van der Waals surface area contributed by atoms with Crippen molar-refractivity contribution in [3.8, 4) is 11.9 Å². The molecule has 1 aromatic heterocycles. The summed E-state index contributed by atoms with van der Waals surface area (Å²) < 4.78 is 5.70. The molecule has 0 N–H and O–H groups in total. The minimum atomic E-state index is -0.700. The lowest BCUT2D eigenvalue weighted by molar-refractivity contribution is 0.388. The van der Waals surface area contributed by atoms with Crippen LogP contribution in [0.4, 0.5) is 0 Å². The Hall–Kier alpha value is -1.15. The third-order valence-corrected chi connectivity index (χ3v) is 2.29. The molecule has 0 aliphatic heterocycles. The van der Waals surface area contributed by atoms with Crippen LogP contribution in [-0.4, -0.2) is 17.1 Å². The number of hydrogen-bond acceptors (Lipinski definition) is 4. The number of halogens is 1. The zero-order valence-corrected chi connectivity index (χ0v) is 9.79. The molecular formula is C9H10BrN3O. The highest BCUT2D eigenvalue weighted by atomic mass is 79.9. The molecule has 1 rings (SSSR count). The lowest BCUT2D eigenvalue weighted by Crippen LogP contribution is -2.18. The van der Waals surface area contributed by atoms with Gasteiger partial charge in [-0.3, -0.25) is 0 Å². The van der Waals surface area contributed by atoms with Crippen molar-refractivity contribution in [2.45, 2.75) is 19.3 Å². The van der Waals surface area contributed by atoms with Gasteiger partial charge in [0, 0.05) is 6.20 Å². The first-order valence-corrected chi connectivity index (χ1v) is 4.79. The summed E-state index contributed by atoms with van der Waals surface area (Å²) in [5, 5.41) is 8.90. The summed E-state index contributed by atoms with van der Waals surface area (Å²) in [6.45, 7) is 3.52. The van der Waals surface area contributed by atoms with E-state index in [9.17, 15) is 0 Å². The molecule has 0 saturated heterocycles. The average molecular weight is 256 g/mol. The maximum Gasteiger partial charge on any atom is 0.231 e. The van der Waals surface area contributed by atoms with E-state index in [0.717, 1.165) is 0 Å². The van der Waals surface area contributed by atoms with Crippen molar-refractivity contribution in [2.24, 2.45) is 0 Å². The zero-order chi connectivity index (χ0) is 10.8. The highest BCUT2D eigenvalue weighted by molar-refractivity contribution is 9.10. The molecule has 0 atom stereocenters. The predicted molar refractivity (Wildman–Crippen MR) is 54.9 cm³/mol. The summed E-state index contributed by atoms with van der Waals surface area (Å²) in [4.78, 5) is 8.20. The molecule has 0 aliphatic rings. The molecule has 1 heterocycles. The maximum absolute atomic E-state index is 8.90. The molecule has 0 saturated carbocycles. The molecular weight excluding hydrogens is 246 g/mol. The van der Waals surface area contributed by atoms with Crippen LogP contribution in [0.25, 0.3) is 0 Å². The van der Waals surface area contributed by atoms with Gasteiger partial charge in [-0.15, -0.1) is 0 Å². The molecule has 0 bridgehead atoms. The molecule has 0 fully saturated rings. The molecule has 0 radical (unpaired) electrons. The summed E-state index contributed by atoms with van der Waals surface area (Å²) in [5.41, 5.74) is -0.700. The Morgan fingerprint density at radius 3 is 2.71 bits per heavy atom. The standard InChI is InChI=1S/C9H10BrN3O/c1-9(2,5-11)8-12-4-6(10)7(13-8)14-3/h4H,1-3H3. The lowest BCUT2D eigenvalue weighted by Gasteiger charge is -2.14. The van der Waals surface area contributed by atoms with Crippen LogP contribution in [-0.2, 0) is 5.41 Å². The van der Waals surface area contributed by atoms with E-state index in [4.69, 9.17) is 10.00 Å². The van der Waals surface area contributed by atoms with Crippen LogP contribution in [0.3, 0.4) is 0 Å². The Balaban J connectivity index is 3.21. The van der Waals surface area contributed by atoms with E-state index in [-0.39, 0.29) is 0 Å².